The number of hydrogen-bond donors (Lipinski definition) is 2. The average molecular weight is 194 g/mol. The van der Waals surface area contributed by atoms with Crippen LogP contribution in [0.3, 0.4) is 0 Å². The fourth-order valence-corrected chi connectivity index (χ4v) is 2.07. The largest absolute Gasteiger partial charge is 0.393 e. The molecular formula is C11H18N2O. The molecule has 2 heterocycles. The normalized spacial score (nSPS) is 22.4. The fraction of sp³-hybridized carbons (Fsp3) is 0.636. The van der Waals surface area contributed by atoms with Gasteiger partial charge in [0.05, 0.1) is 6.10 Å². The number of H-pyrrole nitrogens is 1. The number of hydrogen-bond acceptors (Lipinski definition) is 2. The van der Waals surface area contributed by atoms with Gasteiger partial charge in [-0.15, -0.1) is 0 Å². The van der Waals surface area contributed by atoms with Gasteiger partial charge in [-0.05, 0) is 31.9 Å². The molecule has 0 aromatic carbocycles. The van der Waals surface area contributed by atoms with Gasteiger partial charge in [0.2, 0.25) is 0 Å². The third-order valence-electron chi connectivity index (χ3n) is 3.12. The van der Waals surface area contributed by atoms with Gasteiger partial charge in [-0.1, -0.05) is 0 Å². The van der Waals surface area contributed by atoms with E-state index in [1.54, 1.807) is 0 Å². The van der Waals surface area contributed by atoms with Crippen LogP contribution in [0, 0.1) is 0 Å². The van der Waals surface area contributed by atoms with Gasteiger partial charge in [-0.25, -0.2) is 0 Å². The Morgan fingerprint density at radius 2 is 2.21 bits per heavy atom. The molecule has 1 saturated heterocycles. The third-order valence-corrected chi connectivity index (χ3v) is 3.12. The van der Waals surface area contributed by atoms with Crippen LogP contribution in [0.1, 0.15) is 31.5 Å². The summed E-state index contributed by atoms with van der Waals surface area (Å²) >= 11 is 0. The molecule has 3 nitrogen and oxygen atoms in total. The van der Waals surface area contributed by atoms with E-state index in [4.69, 9.17) is 0 Å². The fourth-order valence-electron chi connectivity index (χ4n) is 2.07. The van der Waals surface area contributed by atoms with Gasteiger partial charge in [0, 0.05) is 31.0 Å². The molecule has 1 aromatic rings. The number of nitrogens with zero attached hydrogens (tertiary/aromatic N) is 1. The first-order valence-corrected chi connectivity index (χ1v) is 5.33. The summed E-state index contributed by atoms with van der Waals surface area (Å²) in [6.45, 7) is 4.21. The van der Waals surface area contributed by atoms with Crippen LogP contribution in [0.4, 0.5) is 0 Å². The van der Waals surface area contributed by atoms with Gasteiger partial charge in [0.25, 0.3) is 0 Å². The van der Waals surface area contributed by atoms with Crippen molar-refractivity contribution in [1.82, 2.24) is 9.88 Å². The molecule has 1 aromatic heterocycles. The van der Waals surface area contributed by atoms with Crippen LogP contribution in [0.25, 0.3) is 0 Å². The summed E-state index contributed by atoms with van der Waals surface area (Å²) < 4.78 is 0. The van der Waals surface area contributed by atoms with Crippen LogP contribution < -0.4 is 0 Å². The molecule has 2 rings (SSSR count). The van der Waals surface area contributed by atoms with Gasteiger partial charge in [0.15, 0.2) is 0 Å². The van der Waals surface area contributed by atoms with Crippen molar-refractivity contribution in [3.8, 4) is 0 Å². The summed E-state index contributed by atoms with van der Waals surface area (Å²) in [6.07, 6.45) is 3.70. The molecule has 1 atom stereocenters. The monoisotopic (exact) mass is 194 g/mol. The number of nitrogens with one attached hydrogen (secondary N) is 1. The molecule has 14 heavy (non-hydrogen) atoms. The van der Waals surface area contributed by atoms with Crippen LogP contribution in [0.15, 0.2) is 18.3 Å². The van der Waals surface area contributed by atoms with Crippen LogP contribution in [0.5, 0.6) is 0 Å². The first kappa shape index (κ1) is 9.74. The molecule has 0 spiro atoms. The van der Waals surface area contributed by atoms with E-state index in [1.807, 2.05) is 12.3 Å². The van der Waals surface area contributed by atoms with E-state index in [1.165, 1.54) is 5.69 Å². The zero-order valence-corrected chi connectivity index (χ0v) is 8.61. The Bertz CT molecular complexity index is 263. The molecule has 0 unspecified atom stereocenters. The predicted octanol–water partition coefficient (Wildman–Crippen LogP) is 1.53. The highest BCUT2D eigenvalue weighted by atomic mass is 16.3. The van der Waals surface area contributed by atoms with E-state index in [0.29, 0.717) is 6.04 Å². The highest BCUT2D eigenvalue weighted by Gasteiger charge is 2.22. The maximum Gasteiger partial charge on any atom is 0.0564 e. The van der Waals surface area contributed by atoms with Crippen molar-refractivity contribution in [2.24, 2.45) is 0 Å². The summed E-state index contributed by atoms with van der Waals surface area (Å²) in [6, 6.07) is 4.60. The van der Waals surface area contributed by atoms with Gasteiger partial charge in [0.1, 0.15) is 0 Å². The zero-order valence-electron chi connectivity index (χ0n) is 8.61. The number of aliphatic hydroxyl groups is 1. The van der Waals surface area contributed by atoms with Crippen LogP contribution in [-0.4, -0.2) is 34.2 Å². The SMILES string of the molecule is C[C@H](c1ccc[nH]1)N1CCC(O)CC1. The molecule has 1 aliphatic rings. The molecule has 0 aliphatic carbocycles. The van der Waals surface area contributed by atoms with Crippen LogP contribution >= 0.6 is 0 Å². The quantitative estimate of drug-likeness (QED) is 0.749. The maximum atomic E-state index is 9.40. The Morgan fingerprint density at radius 1 is 1.50 bits per heavy atom. The molecule has 0 saturated carbocycles. The van der Waals surface area contributed by atoms with Crippen molar-refractivity contribution in [1.29, 1.82) is 0 Å². The van der Waals surface area contributed by atoms with Crippen molar-refractivity contribution in [2.75, 3.05) is 13.1 Å². The highest BCUT2D eigenvalue weighted by Crippen LogP contribution is 2.22. The number of aromatic amines is 1. The number of rotatable bonds is 2. The Morgan fingerprint density at radius 3 is 2.79 bits per heavy atom. The number of aliphatic hydroxyl groups excluding tert-OH is 1. The second-order valence-corrected chi connectivity index (χ2v) is 4.07. The first-order valence-electron chi connectivity index (χ1n) is 5.33. The lowest BCUT2D eigenvalue weighted by molar-refractivity contribution is 0.0637. The van der Waals surface area contributed by atoms with Crippen molar-refractivity contribution < 1.29 is 5.11 Å². The molecule has 1 fully saturated rings. The van der Waals surface area contributed by atoms with Gasteiger partial charge in [-0.3, -0.25) is 4.90 Å². The number of piperidine rings is 1. The molecule has 1 aliphatic heterocycles. The summed E-state index contributed by atoms with van der Waals surface area (Å²) in [7, 11) is 0. The predicted molar refractivity (Wildman–Crippen MR) is 56.0 cm³/mol. The second kappa shape index (κ2) is 4.15. The minimum atomic E-state index is -0.0814. The van der Waals surface area contributed by atoms with Crippen LogP contribution in [-0.2, 0) is 0 Å². The lowest BCUT2D eigenvalue weighted by Crippen LogP contribution is -2.37. The summed E-state index contributed by atoms with van der Waals surface area (Å²) in [5.41, 5.74) is 1.27. The minimum absolute atomic E-state index is 0.0814. The molecule has 0 bridgehead atoms. The molecule has 0 radical (unpaired) electrons. The Labute approximate surface area is 84.7 Å². The Kier molecular flexibility index (Phi) is 2.89. The Hall–Kier alpha value is -0.800. The topological polar surface area (TPSA) is 39.3 Å². The highest BCUT2D eigenvalue weighted by molar-refractivity contribution is 5.08. The van der Waals surface area contributed by atoms with E-state index >= 15 is 0 Å². The minimum Gasteiger partial charge on any atom is -0.393 e. The lowest BCUT2D eigenvalue weighted by Gasteiger charge is -2.33. The standard InChI is InChI=1S/C11H18N2O/c1-9(11-3-2-6-12-11)13-7-4-10(14)5-8-13/h2-3,6,9-10,12,14H,4-5,7-8H2,1H3/t9-/m1/s1. The van der Waals surface area contributed by atoms with Gasteiger partial charge in [-0.2, -0.15) is 0 Å². The van der Waals surface area contributed by atoms with Gasteiger partial charge >= 0.3 is 0 Å². The van der Waals surface area contributed by atoms with E-state index in [2.05, 4.69) is 22.9 Å². The Balaban J connectivity index is 1.95. The number of likely N-dealkylation sites (tertiary alicyclic amines) is 1. The number of aromatic nitrogens is 1. The van der Waals surface area contributed by atoms with Crippen LogP contribution in [0.2, 0.25) is 0 Å². The molecule has 3 heteroatoms. The summed E-state index contributed by atoms with van der Waals surface area (Å²) in [5.74, 6) is 0. The molecule has 2 N–H and O–H groups in total. The van der Waals surface area contributed by atoms with Crippen molar-refractivity contribution in [2.45, 2.75) is 31.9 Å². The van der Waals surface area contributed by atoms with Crippen molar-refractivity contribution in [3.05, 3.63) is 24.0 Å². The van der Waals surface area contributed by atoms with E-state index in [0.717, 1.165) is 25.9 Å². The summed E-state index contributed by atoms with van der Waals surface area (Å²) in [4.78, 5) is 5.66. The first-order chi connectivity index (χ1) is 6.77. The van der Waals surface area contributed by atoms with Crippen molar-refractivity contribution in [3.63, 3.8) is 0 Å². The van der Waals surface area contributed by atoms with E-state index in [9.17, 15) is 5.11 Å². The third kappa shape index (κ3) is 1.99. The van der Waals surface area contributed by atoms with Crippen molar-refractivity contribution >= 4 is 0 Å². The second-order valence-electron chi connectivity index (χ2n) is 4.07. The zero-order chi connectivity index (χ0) is 9.97. The summed E-state index contributed by atoms with van der Waals surface area (Å²) in [5, 5.41) is 9.40. The van der Waals surface area contributed by atoms with E-state index in [-0.39, 0.29) is 6.10 Å². The lowest BCUT2D eigenvalue weighted by atomic mass is 10.1. The van der Waals surface area contributed by atoms with Gasteiger partial charge < -0.3 is 10.1 Å². The maximum absolute atomic E-state index is 9.40. The molecular weight excluding hydrogens is 176 g/mol. The average Bonchev–Trinajstić information content (AvgIpc) is 2.71. The van der Waals surface area contributed by atoms with E-state index < -0.39 is 0 Å². The molecule has 78 valence electrons. The smallest absolute Gasteiger partial charge is 0.0564 e. The molecule has 0 amide bonds.